The summed E-state index contributed by atoms with van der Waals surface area (Å²) in [6, 6.07) is 15.6. The van der Waals surface area contributed by atoms with Crippen LogP contribution in [0.15, 0.2) is 48.5 Å². The second-order valence-corrected chi connectivity index (χ2v) is 5.53. The molecule has 0 aliphatic rings. The van der Waals surface area contributed by atoms with Crippen LogP contribution < -0.4 is 14.8 Å². The number of rotatable bonds is 8. The number of nitrogens with zero attached hydrogens (tertiary/aromatic N) is 1. The molecule has 1 N–H and O–H groups in total. The summed E-state index contributed by atoms with van der Waals surface area (Å²) in [5.41, 5.74) is 0.696. The Bertz CT molecular complexity index is 844. The average molecular weight is 368 g/mol. The van der Waals surface area contributed by atoms with E-state index >= 15 is 0 Å². The quantitative estimate of drug-likeness (QED) is 0.720. The lowest BCUT2D eigenvalue weighted by molar-refractivity contribution is -0.153. The van der Waals surface area contributed by atoms with Gasteiger partial charge in [0.25, 0.3) is 5.91 Å². The van der Waals surface area contributed by atoms with E-state index in [1.165, 1.54) is 14.0 Å². The van der Waals surface area contributed by atoms with E-state index in [1.807, 2.05) is 12.1 Å². The molecule has 0 aliphatic heterocycles. The Morgan fingerprint density at radius 1 is 1.11 bits per heavy atom. The molecular formula is C20H20N2O5. The fraction of sp³-hybridized carbons (Fsp3) is 0.250. The van der Waals surface area contributed by atoms with Crippen LogP contribution in [0, 0.1) is 11.3 Å². The van der Waals surface area contributed by atoms with Crippen LogP contribution in [0.1, 0.15) is 18.9 Å². The molecule has 1 unspecified atom stereocenters. The van der Waals surface area contributed by atoms with E-state index in [2.05, 4.69) is 5.32 Å². The smallest absolute Gasteiger partial charge is 0.310 e. The Labute approximate surface area is 157 Å². The number of anilines is 1. The van der Waals surface area contributed by atoms with E-state index in [-0.39, 0.29) is 13.0 Å². The van der Waals surface area contributed by atoms with Gasteiger partial charge in [0, 0.05) is 0 Å². The first-order chi connectivity index (χ1) is 13.0. The van der Waals surface area contributed by atoms with Crippen LogP contribution in [-0.2, 0) is 14.3 Å². The SMILES string of the molecule is COc1ccccc1OCCC(=O)OC(C)C(=O)Nc1ccccc1C#N. The minimum atomic E-state index is -1.00. The van der Waals surface area contributed by atoms with Gasteiger partial charge in [-0.2, -0.15) is 5.26 Å². The molecule has 0 aromatic heterocycles. The van der Waals surface area contributed by atoms with Crippen molar-refractivity contribution in [3.8, 4) is 17.6 Å². The molecule has 2 rings (SSSR count). The monoisotopic (exact) mass is 368 g/mol. The van der Waals surface area contributed by atoms with Gasteiger partial charge in [-0.3, -0.25) is 9.59 Å². The van der Waals surface area contributed by atoms with Crippen molar-refractivity contribution in [2.45, 2.75) is 19.4 Å². The maximum atomic E-state index is 12.1. The van der Waals surface area contributed by atoms with Gasteiger partial charge in [0.05, 0.1) is 31.4 Å². The summed E-state index contributed by atoms with van der Waals surface area (Å²) in [5.74, 6) is -0.000661. The summed E-state index contributed by atoms with van der Waals surface area (Å²) in [6.45, 7) is 1.55. The molecule has 0 radical (unpaired) electrons. The Balaban J connectivity index is 1.81. The number of amides is 1. The third kappa shape index (κ3) is 5.75. The summed E-state index contributed by atoms with van der Waals surface area (Å²) in [5, 5.41) is 11.6. The van der Waals surface area contributed by atoms with E-state index < -0.39 is 18.0 Å². The highest BCUT2D eigenvalue weighted by Gasteiger charge is 2.19. The van der Waals surface area contributed by atoms with E-state index in [9.17, 15) is 9.59 Å². The second-order valence-electron chi connectivity index (χ2n) is 5.53. The maximum Gasteiger partial charge on any atom is 0.310 e. The number of ether oxygens (including phenoxy) is 3. The number of carbonyl (C=O) groups is 2. The standard InChI is InChI=1S/C20H20N2O5/c1-14(20(24)22-16-8-4-3-7-15(16)13-21)27-19(23)11-12-26-18-10-6-5-9-17(18)25-2/h3-10,14H,11-12H2,1-2H3,(H,22,24). The van der Waals surface area contributed by atoms with Crippen molar-refractivity contribution < 1.29 is 23.8 Å². The molecule has 0 spiro atoms. The van der Waals surface area contributed by atoms with Gasteiger partial charge in [0.1, 0.15) is 6.07 Å². The highest BCUT2D eigenvalue weighted by atomic mass is 16.6. The molecule has 140 valence electrons. The molecule has 27 heavy (non-hydrogen) atoms. The van der Waals surface area contributed by atoms with Crippen LogP contribution in [0.4, 0.5) is 5.69 Å². The molecule has 7 heteroatoms. The van der Waals surface area contributed by atoms with Gasteiger partial charge in [0.15, 0.2) is 17.6 Å². The van der Waals surface area contributed by atoms with Gasteiger partial charge in [0.2, 0.25) is 0 Å². The number of nitrogens with one attached hydrogen (secondary N) is 1. The van der Waals surface area contributed by atoms with Crippen molar-refractivity contribution in [2.75, 3.05) is 19.0 Å². The zero-order valence-electron chi connectivity index (χ0n) is 15.1. The number of esters is 1. The highest BCUT2D eigenvalue weighted by molar-refractivity contribution is 5.96. The van der Waals surface area contributed by atoms with Crippen molar-refractivity contribution in [3.05, 3.63) is 54.1 Å². The zero-order valence-corrected chi connectivity index (χ0v) is 15.1. The molecule has 7 nitrogen and oxygen atoms in total. The summed E-state index contributed by atoms with van der Waals surface area (Å²) in [4.78, 5) is 24.1. The number of carbonyl (C=O) groups excluding carboxylic acids is 2. The molecular weight excluding hydrogens is 348 g/mol. The van der Waals surface area contributed by atoms with Crippen molar-refractivity contribution >= 4 is 17.6 Å². The summed E-state index contributed by atoms with van der Waals surface area (Å²) in [6.07, 6.45) is -1.03. The molecule has 0 bridgehead atoms. The fourth-order valence-electron chi connectivity index (χ4n) is 2.22. The Morgan fingerprint density at radius 3 is 2.48 bits per heavy atom. The number of hydrogen-bond acceptors (Lipinski definition) is 6. The second kappa shape index (κ2) is 9.82. The Hall–Kier alpha value is -3.53. The van der Waals surface area contributed by atoms with Crippen LogP contribution in [-0.4, -0.2) is 31.7 Å². The number of nitriles is 1. The Kier molecular flexibility index (Phi) is 7.20. The van der Waals surface area contributed by atoms with Crippen LogP contribution in [0.2, 0.25) is 0 Å². The lowest BCUT2D eigenvalue weighted by Crippen LogP contribution is -2.30. The predicted molar refractivity (Wildman–Crippen MR) is 98.4 cm³/mol. The van der Waals surface area contributed by atoms with E-state index in [1.54, 1.807) is 42.5 Å². The highest BCUT2D eigenvalue weighted by Crippen LogP contribution is 2.25. The third-order valence-corrected chi connectivity index (χ3v) is 3.62. The first-order valence-electron chi connectivity index (χ1n) is 8.30. The summed E-state index contributed by atoms with van der Waals surface area (Å²) >= 11 is 0. The molecule has 0 fully saturated rings. The predicted octanol–water partition coefficient (Wildman–Crippen LogP) is 2.91. The third-order valence-electron chi connectivity index (χ3n) is 3.62. The average Bonchev–Trinajstić information content (AvgIpc) is 2.68. The van der Waals surface area contributed by atoms with Crippen LogP contribution in [0.25, 0.3) is 0 Å². The van der Waals surface area contributed by atoms with Crippen molar-refractivity contribution in [3.63, 3.8) is 0 Å². The van der Waals surface area contributed by atoms with Crippen LogP contribution >= 0.6 is 0 Å². The van der Waals surface area contributed by atoms with Crippen molar-refractivity contribution in [1.29, 1.82) is 5.26 Å². The molecule has 2 aromatic carbocycles. The molecule has 0 heterocycles. The van der Waals surface area contributed by atoms with Gasteiger partial charge in [-0.25, -0.2) is 0 Å². The molecule has 1 atom stereocenters. The molecule has 0 aliphatic carbocycles. The largest absolute Gasteiger partial charge is 0.493 e. The summed E-state index contributed by atoms with van der Waals surface area (Å²) in [7, 11) is 1.53. The fourth-order valence-corrected chi connectivity index (χ4v) is 2.22. The number of para-hydroxylation sites is 3. The summed E-state index contributed by atoms with van der Waals surface area (Å²) < 4.78 is 15.8. The Morgan fingerprint density at radius 2 is 1.78 bits per heavy atom. The van der Waals surface area contributed by atoms with Gasteiger partial charge >= 0.3 is 5.97 Å². The molecule has 0 saturated heterocycles. The minimum Gasteiger partial charge on any atom is -0.493 e. The maximum absolute atomic E-state index is 12.1. The van der Waals surface area contributed by atoms with E-state index in [0.717, 1.165) is 0 Å². The number of hydrogen-bond donors (Lipinski definition) is 1. The molecule has 0 saturated carbocycles. The number of methoxy groups -OCH3 is 1. The van der Waals surface area contributed by atoms with E-state index in [4.69, 9.17) is 19.5 Å². The van der Waals surface area contributed by atoms with Gasteiger partial charge in [-0.1, -0.05) is 24.3 Å². The molecule has 2 aromatic rings. The molecule has 1 amide bonds. The first-order valence-corrected chi connectivity index (χ1v) is 8.30. The van der Waals surface area contributed by atoms with Gasteiger partial charge in [-0.15, -0.1) is 0 Å². The lowest BCUT2D eigenvalue weighted by atomic mass is 10.2. The van der Waals surface area contributed by atoms with Crippen LogP contribution in [0.5, 0.6) is 11.5 Å². The zero-order chi connectivity index (χ0) is 19.6. The van der Waals surface area contributed by atoms with Crippen LogP contribution in [0.3, 0.4) is 0 Å². The number of benzene rings is 2. The van der Waals surface area contributed by atoms with Gasteiger partial charge in [-0.05, 0) is 31.2 Å². The normalized spacial score (nSPS) is 11.0. The topological polar surface area (TPSA) is 97.7 Å². The van der Waals surface area contributed by atoms with Crippen molar-refractivity contribution in [1.82, 2.24) is 0 Å². The van der Waals surface area contributed by atoms with Gasteiger partial charge < -0.3 is 19.5 Å². The van der Waals surface area contributed by atoms with Crippen molar-refractivity contribution in [2.24, 2.45) is 0 Å². The lowest BCUT2D eigenvalue weighted by Gasteiger charge is -2.14. The first kappa shape index (κ1) is 19.8. The minimum absolute atomic E-state index is 0.0234. The van der Waals surface area contributed by atoms with E-state index in [0.29, 0.717) is 22.7 Å².